The molecule has 0 radical (unpaired) electrons. The molecule has 1 spiro atoms. The maximum absolute atomic E-state index is 12.9. The third-order valence-electron chi connectivity index (χ3n) is 7.71. The van der Waals surface area contributed by atoms with Gasteiger partial charge in [0.15, 0.2) is 0 Å². The fourth-order valence-corrected chi connectivity index (χ4v) is 5.61. The van der Waals surface area contributed by atoms with Crippen LogP contribution in [0.4, 0.5) is 4.79 Å². The summed E-state index contributed by atoms with van der Waals surface area (Å²) in [7, 11) is 0. The molecule has 1 saturated carbocycles. The van der Waals surface area contributed by atoms with Crippen molar-refractivity contribution in [3.8, 4) is 0 Å². The molecule has 3 aliphatic rings. The number of H-pyrrole nitrogens is 1. The number of aromatic nitrogens is 1. The lowest BCUT2D eigenvalue weighted by atomic mass is 9.90. The third-order valence-corrected chi connectivity index (χ3v) is 7.71. The van der Waals surface area contributed by atoms with Crippen molar-refractivity contribution in [2.24, 2.45) is 11.3 Å². The number of rotatable bonds is 5. The summed E-state index contributed by atoms with van der Waals surface area (Å²) in [5.41, 5.74) is 2.68. The normalized spacial score (nSPS) is 23.4. The van der Waals surface area contributed by atoms with Gasteiger partial charge in [-0.2, -0.15) is 0 Å². The molecule has 2 aromatic rings. The molecule has 5 rings (SSSR count). The van der Waals surface area contributed by atoms with Gasteiger partial charge in [-0.25, -0.2) is 4.79 Å². The molecule has 1 aliphatic carbocycles. The largest absolute Gasteiger partial charge is 0.450 e. The summed E-state index contributed by atoms with van der Waals surface area (Å²) < 4.78 is 5.08. The lowest BCUT2D eigenvalue weighted by Crippen LogP contribution is -2.47. The van der Waals surface area contributed by atoms with E-state index in [-0.39, 0.29) is 29.4 Å². The number of carbonyl (C=O) groups is 2. The van der Waals surface area contributed by atoms with Crippen LogP contribution in [0.1, 0.15) is 44.7 Å². The summed E-state index contributed by atoms with van der Waals surface area (Å²) in [5.74, 6) is 0.393. The van der Waals surface area contributed by atoms with Gasteiger partial charge in [-0.1, -0.05) is 18.2 Å². The SMILES string of the molecule is CCOC(=O)N1CCC(NC(=O)[C@H]2CC23CCN(Cc2cc4ccccc4[nH]2)CC3)CC1. The minimum Gasteiger partial charge on any atom is -0.450 e. The number of aromatic amines is 1. The van der Waals surface area contributed by atoms with Gasteiger partial charge in [0.2, 0.25) is 5.91 Å². The van der Waals surface area contributed by atoms with E-state index in [0.29, 0.717) is 19.7 Å². The average molecular weight is 439 g/mol. The number of carbonyl (C=O) groups excluding carboxylic acids is 2. The highest BCUT2D eigenvalue weighted by molar-refractivity contribution is 5.83. The first-order chi connectivity index (χ1) is 15.6. The van der Waals surface area contributed by atoms with Crippen LogP contribution in [-0.4, -0.2) is 65.6 Å². The van der Waals surface area contributed by atoms with Crippen molar-refractivity contribution >= 4 is 22.9 Å². The highest BCUT2D eigenvalue weighted by atomic mass is 16.6. The number of benzene rings is 1. The first-order valence-corrected chi connectivity index (χ1v) is 12.1. The van der Waals surface area contributed by atoms with Crippen molar-refractivity contribution in [2.45, 2.75) is 51.6 Å². The van der Waals surface area contributed by atoms with E-state index in [4.69, 9.17) is 4.74 Å². The standard InChI is InChI=1S/C25H34N4O3/c1-2-32-24(31)29-11-7-19(8-12-29)27-23(30)21-16-25(21)9-13-28(14-10-25)17-20-15-18-5-3-4-6-22(18)26-20/h3-6,15,19,21,26H,2,7-14,16-17H2,1H3,(H,27,30)/t21-/m1/s1. The molecule has 7 nitrogen and oxygen atoms in total. The van der Waals surface area contributed by atoms with Crippen LogP contribution in [0.15, 0.2) is 30.3 Å². The van der Waals surface area contributed by atoms with Gasteiger partial charge in [-0.15, -0.1) is 0 Å². The number of hydrogen-bond acceptors (Lipinski definition) is 4. The molecule has 0 bridgehead atoms. The fraction of sp³-hybridized carbons (Fsp3) is 0.600. The quantitative estimate of drug-likeness (QED) is 0.749. The number of ether oxygens (including phenoxy) is 1. The second-order valence-corrected chi connectivity index (χ2v) is 9.75. The predicted octanol–water partition coefficient (Wildman–Crippen LogP) is 3.51. The molecule has 2 aliphatic heterocycles. The van der Waals surface area contributed by atoms with Gasteiger partial charge < -0.3 is 19.9 Å². The van der Waals surface area contributed by atoms with Crippen molar-refractivity contribution < 1.29 is 14.3 Å². The molecule has 1 aromatic heterocycles. The maximum Gasteiger partial charge on any atom is 0.409 e. The Labute approximate surface area is 189 Å². The molecule has 2 saturated heterocycles. The summed E-state index contributed by atoms with van der Waals surface area (Å²) in [4.78, 5) is 32.5. The molecule has 32 heavy (non-hydrogen) atoms. The van der Waals surface area contributed by atoms with Gasteiger partial charge in [-0.3, -0.25) is 9.69 Å². The Hall–Kier alpha value is -2.54. The van der Waals surface area contributed by atoms with E-state index in [2.05, 4.69) is 45.5 Å². The summed E-state index contributed by atoms with van der Waals surface area (Å²) >= 11 is 0. The Kier molecular flexibility index (Phi) is 5.84. The maximum atomic E-state index is 12.9. The minimum atomic E-state index is -0.238. The summed E-state index contributed by atoms with van der Waals surface area (Å²) in [6.45, 7) is 6.58. The number of likely N-dealkylation sites (tertiary alicyclic amines) is 2. The molecule has 7 heteroatoms. The van der Waals surface area contributed by atoms with Gasteiger partial charge >= 0.3 is 6.09 Å². The second-order valence-electron chi connectivity index (χ2n) is 9.75. The van der Waals surface area contributed by atoms with Gasteiger partial charge in [0.05, 0.1) is 6.61 Å². The zero-order valence-corrected chi connectivity index (χ0v) is 18.9. The first-order valence-electron chi connectivity index (χ1n) is 12.1. The first kappa shape index (κ1) is 21.3. The zero-order valence-electron chi connectivity index (χ0n) is 18.9. The molecule has 3 heterocycles. The zero-order chi connectivity index (χ0) is 22.1. The molecule has 2 N–H and O–H groups in total. The minimum absolute atomic E-state index is 0.167. The van der Waals surface area contributed by atoms with Gasteiger partial charge in [0, 0.05) is 42.8 Å². The molecule has 1 aromatic carbocycles. The molecule has 2 amide bonds. The Morgan fingerprint density at radius 2 is 1.91 bits per heavy atom. The number of fused-ring (bicyclic) bond motifs is 1. The highest BCUT2D eigenvalue weighted by Crippen LogP contribution is 2.59. The van der Waals surface area contributed by atoms with Crippen LogP contribution in [-0.2, 0) is 16.1 Å². The van der Waals surface area contributed by atoms with E-state index in [1.54, 1.807) is 4.90 Å². The number of amides is 2. The van der Waals surface area contributed by atoms with Crippen LogP contribution in [0.2, 0.25) is 0 Å². The van der Waals surface area contributed by atoms with Gasteiger partial charge in [-0.05, 0) is 75.1 Å². The van der Waals surface area contributed by atoms with E-state index in [0.717, 1.165) is 51.7 Å². The Balaban J connectivity index is 1.06. The Morgan fingerprint density at radius 3 is 2.62 bits per heavy atom. The van der Waals surface area contributed by atoms with Crippen LogP contribution in [0.3, 0.4) is 0 Å². The smallest absolute Gasteiger partial charge is 0.409 e. The topological polar surface area (TPSA) is 77.7 Å². The van der Waals surface area contributed by atoms with Crippen molar-refractivity contribution in [1.29, 1.82) is 0 Å². The number of piperidine rings is 2. The van der Waals surface area contributed by atoms with E-state index in [9.17, 15) is 9.59 Å². The lowest BCUT2D eigenvalue weighted by molar-refractivity contribution is -0.124. The van der Waals surface area contributed by atoms with Crippen molar-refractivity contribution in [3.05, 3.63) is 36.0 Å². The average Bonchev–Trinajstić information content (AvgIpc) is 3.35. The molecule has 172 valence electrons. The second kappa shape index (κ2) is 8.77. The Morgan fingerprint density at radius 1 is 1.16 bits per heavy atom. The number of hydrogen-bond donors (Lipinski definition) is 2. The van der Waals surface area contributed by atoms with Crippen LogP contribution >= 0.6 is 0 Å². The highest BCUT2D eigenvalue weighted by Gasteiger charge is 2.58. The Bertz CT molecular complexity index is 937. The molecule has 3 fully saturated rings. The molecule has 1 atom stereocenters. The third kappa shape index (κ3) is 4.35. The summed E-state index contributed by atoms with van der Waals surface area (Å²) in [6, 6.07) is 10.8. The van der Waals surface area contributed by atoms with E-state index >= 15 is 0 Å². The van der Waals surface area contributed by atoms with E-state index < -0.39 is 0 Å². The molecule has 0 unspecified atom stereocenters. The number of nitrogens with zero attached hydrogens (tertiary/aromatic N) is 2. The van der Waals surface area contributed by atoms with E-state index in [1.807, 2.05) is 6.92 Å². The van der Waals surface area contributed by atoms with Gasteiger partial charge in [0.1, 0.15) is 0 Å². The van der Waals surface area contributed by atoms with Crippen molar-refractivity contribution in [1.82, 2.24) is 20.1 Å². The summed E-state index contributed by atoms with van der Waals surface area (Å²) in [5, 5.41) is 4.54. The number of nitrogens with one attached hydrogen (secondary N) is 2. The molecular formula is C25H34N4O3. The lowest BCUT2D eigenvalue weighted by Gasteiger charge is -2.33. The predicted molar refractivity (Wildman–Crippen MR) is 123 cm³/mol. The van der Waals surface area contributed by atoms with Crippen LogP contribution in [0.5, 0.6) is 0 Å². The van der Waals surface area contributed by atoms with Crippen LogP contribution in [0, 0.1) is 11.3 Å². The summed E-state index contributed by atoms with van der Waals surface area (Å²) in [6.07, 6.45) is 4.61. The van der Waals surface area contributed by atoms with Crippen LogP contribution in [0.25, 0.3) is 10.9 Å². The van der Waals surface area contributed by atoms with Gasteiger partial charge in [0.25, 0.3) is 0 Å². The van der Waals surface area contributed by atoms with Crippen LogP contribution < -0.4 is 5.32 Å². The molecular weight excluding hydrogens is 404 g/mol. The van der Waals surface area contributed by atoms with E-state index in [1.165, 1.54) is 16.6 Å². The monoisotopic (exact) mass is 438 g/mol. The van der Waals surface area contributed by atoms with Crippen molar-refractivity contribution in [3.63, 3.8) is 0 Å². The number of para-hydroxylation sites is 1. The fourth-order valence-electron chi connectivity index (χ4n) is 5.61. The van der Waals surface area contributed by atoms with Crippen molar-refractivity contribution in [2.75, 3.05) is 32.8 Å².